The first-order chi connectivity index (χ1) is 3.29. The summed E-state index contributed by atoms with van der Waals surface area (Å²) in [4.78, 5) is 10.2. The zero-order valence-corrected chi connectivity index (χ0v) is 5.01. The van der Waals surface area contributed by atoms with E-state index in [1.54, 1.807) is 0 Å². The van der Waals surface area contributed by atoms with Gasteiger partial charge < -0.3 is 4.89 Å². The first-order valence-corrected chi connectivity index (χ1v) is 3.35. The van der Waals surface area contributed by atoms with E-state index in [0.717, 1.165) is 0 Å². The number of hydrogen-bond acceptors (Lipinski definition) is 3. The Balaban J connectivity index is 2.26. The highest BCUT2D eigenvalue weighted by Crippen LogP contribution is 2.35. The molecule has 0 bridgehead atoms. The van der Waals surface area contributed by atoms with Gasteiger partial charge in [-0.25, -0.2) is 9.05 Å². The van der Waals surface area contributed by atoms with Crippen molar-refractivity contribution in [3.05, 3.63) is 0 Å². The Morgan fingerprint density at radius 2 is 2.57 bits per heavy atom. The molecule has 0 amide bonds. The van der Waals surface area contributed by atoms with Gasteiger partial charge in [-0.2, -0.15) is 0 Å². The van der Waals surface area contributed by atoms with Gasteiger partial charge in [0.25, 0.3) is 0 Å². The molecule has 2 atom stereocenters. The van der Waals surface area contributed by atoms with Crippen LogP contribution in [0.25, 0.3) is 0 Å². The molecule has 0 aromatic carbocycles. The van der Waals surface area contributed by atoms with E-state index < -0.39 is 8.60 Å². The summed E-state index contributed by atoms with van der Waals surface area (Å²) in [6.45, 7) is 2.31. The summed E-state index contributed by atoms with van der Waals surface area (Å²) in [6, 6.07) is 0. The highest BCUT2D eigenvalue weighted by atomic mass is 31.2. The highest BCUT2D eigenvalue weighted by Gasteiger charge is 2.21. The summed E-state index contributed by atoms with van der Waals surface area (Å²) in [5, 5.41) is 0. The quantitative estimate of drug-likeness (QED) is 0.416. The first kappa shape index (κ1) is 5.45. The minimum absolute atomic E-state index is 0.0337. The normalized spacial score (nSPS) is 42.0. The molecule has 1 aliphatic rings. The van der Waals surface area contributed by atoms with Gasteiger partial charge in [-0.1, -0.05) is 0 Å². The van der Waals surface area contributed by atoms with Gasteiger partial charge in [-0.05, 0) is 6.92 Å². The lowest BCUT2D eigenvalue weighted by molar-refractivity contribution is -0.194. The number of hydrogen-bond donors (Lipinski definition) is 0. The van der Waals surface area contributed by atoms with Gasteiger partial charge in [0.1, 0.15) is 12.7 Å². The average Bonchev–Trinajstić information content (AvgIpc) is 1.87. The predicted octanol–water partition coefficient (Wildman–Crippen LogP) is -0.259. The molecule has 0 spiro atoms. The average molecular weight is 122 g/mol. The summed E-state index contributed by atoms with van der Waals surface area (Å²) in [5.74, 6) is 0. The molecule has 0 saturated carbocycles. The molecule has 3 nitrogen and oxygen atoms in total. The van der Waals surface area contributed by atoms with Gasteiger partial charge in [-0.15, -0.1) is 0 Å². The van der Waals surface area contributed by atoms with E-state index in [2.05, 4.69) is 9.05 Å². The molecular formula is C3H7O3P. The van der Waals surface area contributed by atoms with E-state index in [4.69, 9.17) is 0 Å². The Morgan fingerprint density at radius 3 is 2.71 bits per heavy atom. The molecule has 0 aromatic rings. The zero-order valence-electron chi connectivity index (χ0n) is 4.01. The molecule has 4 heteroatoms. The molecule has 0 radical (unpaired) electrons. The predicted molar refractivity (Wildman–Crippen MR) is 24.8 cm³/mol. The third-order valence-corrected chi connectivity index (χ3v) is 1.73. The van der Waals surface area contributed by atoms with Crippen LogP contribution >= 0.6 is 8.60 Å². The van der Waals surface area contributed by atoms with Gasteiger partial charge in [0.15, 0.2) is 0 Å². The molecule has 1 saturated heterocycles. The number of rotatable bonds is 0. The molecule has 2 unspecified atom stereocenters. The van der Waals surface area contributed by atoms with Gasteiger partial charge >= 0.3 is 0 Å². The third kappa shape index (κ3) is 1.35. The second-order valence-corrected chi connectivity index (χ2v) is 2.51. The van der Waals surface area contributed by atoms with Crippen LogP contribution in [0.3, 0.4) is 0 Å². The minimum Gasteiger partial charge on any atom is -0.633 e. The van der Waals surface area contributed by atoms with Crippen LogP contribution in [0.4, 0.5) is 0 Å². The van der Waals surface area contributed by atoms with E-state index in [9.17, 15) is 4.89 Å². The van der Waals surface area contributed by atoms with Crippen LogP contribution in [-0.2, 0) is 9.05 Å². The Morgan fingerprint density at radius 1 is 1.86 bits per heavy atom. The summed E-state index contributed by atoms with van der Waals surface area (Å²) >= 11 is 0. The van der Waals surface area contributed by atoms with Gasteiger partial charge in [0.2, 0.25) is 8.60 Å². The van der Waals surface area contributed by atoms with Gasteiger partial charge in [0, 0.05) is 0 Å². The second-order valence-electron chi connectivity index (χ2n) is 1.49. The lowest BCUT2D eigenvalue weighted by atomic mass is 10.5. The van der Waals surface area contributed by atoms with Crippen molar-refractivity contribution < 1.29 is 13.9 Å². The molecule has 1 heterocycles. The van der Waals surface area contributed by atoms with Crippen LogP contribution in [0.1, 0.15) is 6.92 Å². The maximum Gasteiger partial charge on any atom is 0.225 e. The van der Waals surface area contributed by atoms with Crippen molar-refractivity contribution in [2.45, 2.75) is 13.0 Å². The van der Waals surface area contributed by atoms with Crippen LogP contribution in [0.5, 0.6) is 0 Å². The maximum absolute atomic E-state index is 10.2. The van der Waals surface area contributed by atoms with Crippen molar-refractivity contribution >= 4 is 8.60 Å². The van der Waals surface area contributed by atoms with Crippen molar-refractivity contribution in [1.29, 1.82) is 0 Å². The van der Waals surface area contributed by atoms with E-state index in [1.807, 2.05) is 6.92 Å². The fourth-order valence-electron chi connectivity index (χ4n) is 0.418. The van der Waals surface area contributed by atoms with Crippen LogP contribution in [0.15, 0.2) is 0 Å². The molecule has 1 fully saturated rings. The minimum atomic E-state index is -2.06. The molecule has 0 aliphatic carbocycles. The molecule has 42 valence electrons. The van der Waals surface area contributed by atoms with Crippen molar-refractivity contribution in [3.63, 3.8) is 0 Å². The maximum atomic E-state index is 10.2. The SMILES string of the molecule is CC1CO[PH+]([O-])O1. The smallest absolute Gasteiger partial charge is 0.225 e. The van der Waals surface area contributed by atoms with E-state index in [0.29, 0.717) is 6.61 Å². The van der Waals surface area contributed by atoms with E-state index in [-0.39, 0.29) is 6.10 Å². The lowest BCUT2D eigenvalue weighted by Gasteiger charge is -1.97. The highest BCUT2D eigenvalue weighted by molar-refractivity contribution is 7.39. The standard InChI is InChI=1S/C3H7O3P/c1-3-2-5-7(4)6-3/h3,7H,2H2,1H3. The van der Waals surface area contributed by atoms with Crippen LogP contribution < -0.4 is 4.89 Å². The Labute approximate surface area is 43.2 Å². The third-order valence-electron chi connectivity index (χ3n) is 0.733. The second kappa shape index (κ2) is 2.05. The van der Waals surface area contributed by atoms with Crippen molar-refractivity contribution in [1.82, 2.24) is 0 Å². The Hall–Kier alpha value is 0.310. The van der Waals surface area contributed by atoms with E-state index >= 15 is 0 Å². The molecule has 7 heavy (non-hydrogen) atoms. The van der Waals surface area contributed by atoms with Gasteiger partial charge in [0.05, 0.1) is 0 Å². The summed E-state index contributed by atoms with van der Waals surface area (Å²) in [5.41, 5.74) is 0. The van der Waals surface area contributed by atoms with Crippen LogP contribution in [0.2, 0.25) is 0 Å². The lowest BCUT2D eigenvalue weighted by Crippen LogP contribution is -2.00. The molecule has 1 rings (SSSR count). The fourth-order valence-corrected chi connectivity index (χ4v) is 1.25. The molecule has 0 aromatic heterocycles. The van der Waals surface area contributed by atoms with Crippen molar-refractivity contribution in [2.24, 2.45) is 0 Å². The van der Waals surface area contributed by atoms with Crippen LogP contribution in [-0.4, -0.2) is 12.7 Å². The van der Waals surface area contributed by atoms with E-state index in [1.165, 1.54) is 0 Å². The molecular weight excluding hydrogens is 115 g/mol. The topological polar surface area (TPSA) is 41.5 Å². The Bertz CT molecular complexity index is 59.2. The van der Waals surface area contributed by atoms with Crippen molar-refractivity contribution in [3.8, 4) is 0 Å². The molecule has 1 aliphatic heterocycles. The van der Waals surface area contributed by atoms with Crippen molar-refractivity contribution in [2.75, 3.05) is 6.61 Å². The zero-order chi connectivity index (χ0) is 5.28. The van der Waals surface area contributed by atoms with Crippen LogP contribution in [0, 0.1) is 0 Å². The first-order valence-electron chi connectivity index (χ1n) is 2.12. The summed E-state index contributed by atoms with van der Waals surface area (Å²) in [6.07, 6.45) is 0.0337. The monoisotopic (exact) mass is 122 g/mol. The fraction of sp³-hybridized carbons (Fsp3) is 1.00. The Kier molecular flexibility index (Phi) is 1.60. The molecule has 0 N–H and O–H groups in total. The summed E-state index contributed by atoms with van der Waals surface area (Å²) in [7, 11) is -2.06. The largest absolute Gasteiger partial charge is 0.633 e. The summed E-state index contributed by atoms with van der Waals surface area (Å²) < 4.78 is 9.27. The van der Waals surface area contributed by atoms with Gasteiger partial charge in [-0.3, -0.25) is 0 Å².